The normalized spacial score (nSPS) is 14.5. The maximum atomic E-state index is 13.1. The highest BCUT2D eigenvalue weighted by Crippen LogP contribution is 2.57. The van der Waals surface area contributed by atoms with Gasteiger partial charge in [-0.2, -0.15) is 0 Å². The molecule has 3 aromatic rings. The van der Waals surface area contributed by atoms with Crippen molar-refractivity contribution in [1.29, 1.82) is 0 Å². The third kappa shape index (κ3) is 3.85. The van der Waals surface area contributed by atoms with E-state index in [0.29, 0.717) is 46.8 Å². The average Bonchev–Trinajstić information content (AvgIpc) is 3.13. The first-order chi connectivity index (χ1) is 16.9. The number of hydrogen-bond donors (Lipinski definition) is 4. The van der Waals surface area contributed by atoms with Crippen molar-refractivity contribution < 1.29 is 29.3 Å². The number of esters is 1. The van der Waals surface area contributed by atoms with Crippen LogP contribution in [0.15, 0.2) is 54.6 Å². The molecule has 8 nitrogen and oxygen atoms in total. The summed E-state index contributed by atoms with van der Waals surface area (Å²) >= 11 is 0. The van der Waals surface area contributed by atoms with Gasteiger partial charge in [-0.1, -0.05) is 18.9 Å². The van der Waals surface area contributed by atoms with Crippen LogP contribution in [0.25, 0.3) is 0 Å². The summed E-state index contributed by atoms with van der Waals surface area (Å²) in [5.74, 6) is -0.246. The van der Waals surface area contributed by atoms with Crippen molar-refractivity contribution >= 4 is 11.9 Å². The highest BCUT2D eigenvalue weighted by atomic mass is 16.6. The number of nitrogens with two attached hydrogens (primary N) is 1. The molecule has 0 radical (unpaired) electrons. The highest BCUT2D eigenvalue weighted by Gasteiger charge is 2.53. The topological polar surface area (TPSA) is 131 Å². The summed E-state index contributed by atoms with van der Waals surface area (Å²) < 4.78 is 12.0. The molecule has 0 aliphatic carbocycles. The second-order valence-corrected chi connectivity index (χ2v) is 8.75. The molecule has 2 aliphatic rings. The van der Waals surface area contributed by atoms with Gasteiger partial charge in [0.15, 0.2) is 5.60 Å². The standard InChI is InChI=1S/C27H26N2O6/c28-11-3-1-2-4-12-29-25(32)16-5-8-20-19(13-16)26(33)35-27(20)21-9-6-17(30)14-23(21)34-24-15-18(31)7-10-22(24)27/h5-10,13-15,30-31H,1-4,11-12,28H2,(H,29,32). The lowest BCUT2D eigenvalue weighted by atomic mass is 9.77. The largest absolute Gasteiger partial charge is 0.508 e. The second kappa shape index (κ2) is 8.96. The van der Waals surface area contributed by atoms with Crippen LogP contribution in [0.3, 0.4) is 0 Å². The van der Waals surface area contributed by atoms with Crippen LogP contribution in [0.4, 0.5) is 0 Å². The first-order valence-corrected chi connectivity index (χ1v) is 11.6. The molecule has 1 spiro atoms. The lowest BCUT2D eigenvalue weighted by Crippen LogP contribution is -2.33. The van der Waals surface area contributed by atoms with Gasteiger partial charge in [-0.15, -0.1) is 0 Å². The minimum atomic E-state index is -1.34. The molecule has 5 rings (SSSR count). The lowest BCUT2D eigenvalue weighted by molar-refractivity contribution is 0.0224. The van der Waals surface area contributed by atoms with Crippen molar-refractivity contribution in [2.24, 2.45) is 5.73 Å². The molecule has 5 N–H and O–H groups in total. The SMILES string of the molecule is NCCCCCCNC(=O)c1ccc2c(c1)C(=O)OC21c2ccc(O)cc2Oc2cc(O)ccc21. The summed E-state index contributed by atoms with van der Waals surface area (Å²) in [5.41, 5.74) is 6.44. The monoisotopic (exact) mass is 474 g/mol. The number of carbonyl (C=O) groups excluding carboxylic acids is 2. The maximum Gasteiger partial charge on any atom is 0.340 e. The zero-order valence-electron chi connectivity index (χ0n) is 19.0. The Morgan fingerprint density at radius 2 is 1.49 bits per heavy atom. The number of amides is 1. The maximum absolute atomic E-state index is 13.1. The van der Waals surface area contributed by atoms with E-state index in [1.54, 1.807) is 30.3 Å². The number of benzene rings is 3. The summed E-state index contributed by atoms with van der Waals surface area (Å²) in [4.78, 5) is 25.8. The fraction of sp³-hybridized carbons (Fsp3) is 0.259. The zero-order valence-corrected chi connectivity index (χ0v) is 19.0. The number of rotatable bonds is 7. The molecule has 0 unspecified atom stereocenters. The van der Waals surface area contributed by atoms with Crippen molar-refractivity contribution in [3.8, 4) is 23.0 Å². The predicted octanol–water partition coefficient (Wildman–Crippen LogP) is 3.91. The van der Waals surface area contributed by atoms with E-state index in [9.17, 15) is 19.8 Å². The number of carbonyl (C=O) groups is 2. The van der Waals surface area contributed by atoms with Crippen LogP contribution >= 0.6 is 0 Å². The van der Waals surface area contributed by atoms with Gasteiger partial charge in [-0.25, -0.2) is 4.79 Å². The molecule has 0 saturated heterocycles. The molecule has 0 fully saturated rings. The van der Waals surface area contributed by atoms with Gasteiger partial charge >= 0.3 is 5.97 Å². The van der Waals surface area contributed by atoms with Gasteiger partial charge in [0.2, 0.25) is 0 Å². The van der Waals surface area contributed by atoms with Crippen molar-refractivity contribution in [2.45, 2.75) is 31.3 Å². The van der Waals surface area contributed by atoms with E-state index in [1.807, 2.05) is 0 Å². The van der Waals surface area contributed by atoms with Crippen molar-refractivity contribution in [3.05, 3.63) is 82.4 Å². The molecular weight excluding hydrogens is 448 g/mol. The Balaban J connectivity index is 1.51. The van der Waals surface area contributed by atoms with E-state index >= 15 is 0 Å². The number of nitrogens with one attached hydrogen (secondary N) is 1. The van der Waals surface area contributed by atoms with E-state index < -0.39 is 11.6 Å². The smallest absolute Gasteiger partial charge is 0.340 e. The van der Waals surface area contributed by atoms with Crippen molar-refractivity contribution in [1.82, 2.24) is 5.32 Å². The summed E-state index contributed by atoms with van der Waals surface area (Å²) in [5, 5.41) is 22.9. The molecule has 2 aliphatic heterocycles. The van der Waals surface area contributed by atoms with Crippen LogP contribution in [0.2, 0.25) is 0 Å². The number of phenolic OH excluding ortho intramolecular Hbond substituents is 2. The first-order valence-electron chi connectivity index (χ1n) is 11.6. The quantitative estimate of drug-likeness (QED) is 0.302. The first kappa shape index (κ1) is 22.7. The van der Waals surface area contributed by atoms with Crippen LogP contribution in [-0.4, -0.2) is 35.2 Å². The molecule has 0 atom stereocenters. The van der Waals surface area contributed by atoms with Crippen LogP contribution in [0.1, 0.15) is 63.1 Å². The molecule has 3 aromatic carbocycles. The van der Waals surface area contributed by atoms with Gasteiger partial charge < -0.3 is 30.7 Å². The third-order valence-corrected chi connectivity index (χ3v) is 6.45. The summed E-state index contributed by atoms with van der Waals surface area (Å²) in [6.45, 7) is 1.21. The third-order valence-electron chi connectivity index (χ3n) is 6.45. The molecule has 1 amide bonds. The van der Waals surface area contributed by atoms with Crippen LogP contribution in [-0.2, 0) is 10.3 Å². The second-order valence-electron chi connectivity index (χ2n) is 8.75. The van der Waals surface area contributed by atoms with E-state index in [0.717, 1.165) is 25.7 Å². The lowest BCUT2D eigenvalue weighted by Gasteiger charge is -2.36. The molecule has 0 saturated carbocycles. The van der Waals surface area contributed by atoms with Gasteiger partial charge in [0.05, 0.1) is 5.56 Å². The Labute approximate surface area is 202 Å². The number of hydrogen-bond acceptors (Lipinski definition) is 7. The summed E-state index contributed by atoms with van der Waals surface area (Å²) in [6.07, 6.45) is 3.85. The Kier molecular flexibility index (Phi) is 5.82. The minimum Gasteiger partial charge on any atom is -0.508 e. The van der Waals surface area contributed by atoms with Gasteiger partial charge in [0.25, 0.3) is 5.91 Å². The van der Waals surface area contributed by atoms with Gasteiger partial charge in [0.1, 0.15) is 23.0 Å². The van der Waals surface area contributed by atoms with E-state index in [4.69, 9.17) is 15.2 Å². The number of unbranched alkanes of at least 4 members (excludes halogenated alkanes) is 3. The predicted molar refractivity (Wildman–Crippen MR) is 128 cm³/mol. The molecule has 0 aromatic heterocycles. The Morgan fingerprint density at radius 1 is 0.857 bits per heavy atom. The fourth-order valence-corrected chi connectivity index (χ4v) is 4.77. The molecule has 0 bridgehead atoms. The van der Waals surface area contributed by atoms with Crippen molar-refractivity contribution in [2.75, 3.05) is 13.1 Å². The van der Waals surface area contributed by atoms with Crippen LogP contribution in [0.5, 0.6) is 23.0 Å². The molecule has 8 heteroatoms. The van der Waals surface area contributed by atoms with Crippen molar-refractivity contribution in [3.63, 3.8) is 0 Å². The van der Waals surface area contributed by atoms with Crippen LogP contribution in [0, 0.1) is 0 Å². The number of ether oxygens (including phenoxy) is 2. The summed E-state index contributed by atoms with van der Waals surface area (Å²) in [6, 6.07) is 14.1. The van der Waals surface area contributed by atoms with Crippen LogP contribution < -0.4 is 15.8 Å². The fourth-order valence-electron chi connectivity index (χ4n) is 4.77. The Morgan fingerprint density at radius 3 is 2.14 bits per heavy atom. The zero-order chi connectivity index (χ0) is 24.6. The van der Waals surface area contributed by atoms with E-state index in [1.165, 1.54) is 24.3 Å². The number of fused-ring (bicyclic) bond motifs is 6. The van der Waals surface area contributed by atoms with E-state index in [2.05, 4.69) is 5.32 Å². The molecule has 35 heavy (non-hydrogen) atoms. The summed E-state index contributed by atoms with van der Waals surface area (Å²) in [7, 11) is 0. The molecular formula is C27H26N2O6. The Bertz CT molecular complexity index is 1270. The number of aromatic hydroxyl groups is 2. The highest BCUT2D eigenvalue weighted by molar-refractivity contribution is 6.01. The number of phenols is 2. The average molecular weight is 475 g/mol. The minimum absolute atomic E-state index is 0.0119. The molecule has 2 heterocycles. The molecule has 180 valence electrons. The van der Waals surface area contributed by atoms with E-state index in [-0.39, 0.29) is 23.0 Å². The Hall–Kier alpha value is -4.04. The van der Waals surface area contributed by atoms with Gasteiger partial charge in [-0.05, 0) is 55.8 Å². The van der Waals surface area contributed by atoms with Gasteiger partial charge in [0, 0.05) is 40.9 Å². The van der Waals surface area contributed by atoms with Gasteiger partial charge in [-0.3, -0.25) is 4.79 Å².